The second-order valence-corrected chi connectivity index (χ2v) is 2.90. The van der Waals surface area contributed by atoms with Gasteiger partial charge in [-0.2, -0.15) is 0 Å². The molecular weight excluding hydrogens is 198 g/mol. The largest absolute Gasteiger partial charge is 0.397 e. The molecule has 0 aliphatic rings. The third-order valence-electron chi connectivity index (χ3n) is 1.85. The van der Waals surface area contributed by atoms with E-state index in [1.807, 2.05) is 0 Å². The third-order valence-corrected chi connectivity index (χ3v) is 1.85. The van der Waals surface area contributed by atoms with Crippen molar-refractivity contribution in [1.29, 1.82) is 0 Å². The molecule has 80 valence electrons. The van der Waals surface area contributed by atoms with Crippen molar-refractivity contribution in [2.75, 3.05) is 12.3 Å². The van der Waals surface area contributed by atoms with Crippen molar-refractivity contribution in [3.05, 3.63) is 34.5 Å². The van der Waals surface area contributed by atoms with E-state index in [9.17, 15) is 10.2 Å². The molecule has 0 aliphatic carbocycles. The molecule has 0 aromatic carbocycles. The highest BCUT2D eigenvalue weighted by Gasteiger charge is 2.20. The Morgan fingerprint density at radius 2 is 2.33 bits per heavy atom. The van der Waals surface area contributed by atoms with Crippen LogP contribution in [0.3, 0.4) is 0 Å². The summed E-state index contributed by atoms with van der Waals surface area (Å²) in [4.78, 5) is 6.31. The normalized spacial score (nSPS) is 14.0. The van der Waals surface area contributed by atoms with Crippen LogP contribution in [0, 0.1) is 0 Å². The van der Waals surface area contributed by atoms with Gasteiger partial charge in [-0.05, 0) is 17.7 Å². The maximum absolute atomic E-state index is 9.62. The Balaban J connectivity index is 2.79. The molecule has 0 saturated carbocycles. The number of anilines is 1. The molecule has 2 atom stereocenters. The standard InChI is InChI=1S/C8H11N5O2/c9-5-2-1-3-11-7(5)8(15)6(14)4-12-13-10/h1-3,6,8,14-15H,4,9H2. The van der Waals surface area contributed by atoms with Gasteiger partial charge in [0, 0.05) is 11.1 Å². The van der Waals surface area contributed by atoms with E-state index in [-0.39, 0.29) is 17.9 Å². The SMILES string of the molecule is [N-]=[N+]=NCC(O)C(O)c1ncccc1N. The van der Waals surface area contributed by atoms with Gasteiger partial charge >= 0.3 is 0 Å². The summed E-state index contributed by atoms with van der Waals surface area (Å²) >= 11 is 0. The lowest BCUT2D eigenvalue weighted by Gasteiger charge is -2.16. The first-order chi connectivity index (χ1) is 7.16. The summed E-state index contributed by atoms with van der Waals surface area (Å²) in [6.45, 7) is -0.228. The predicted octanol–water partition coefficient (Wildman–Crippen LogP) is 0.368. The van der Waals surface area contributed by atoms with E-state index in [1.165, 1.54) is 6.20 Å². The number of nitrogens with zero attached hydrogens (tertiary/aromatic N) is 4. The minimum atomic E-state index is -1.25. The van der Waals surface area contributed by atoms with E-state index in [1.54, 1.807) is 12.1 Å². The van der Waals surface area contributed by atoms with Crippen LogP contribution in [0.25, 0.3) is 10.4 Å². The molecule has 4 N–H and O–H groups in total. The van der Waals surface area contributed by atoms with Crippen LogP contribution in [0.15, 0.2) is 23.4 Å². The van der Waals surface area contributed by atoms with Gasteiger partial charge in [-0.15, -0.1) is 0 Å². The molecule has 0 saturated heterocycles. The zero-order valence-corrected chi connectivity index (χ0v) is 7.85. The molecule has 1 rings (SSSR count). The Labute approximate surface area is 85.8 Å². The Hall–Kier alpha value is -1.82. The average molecular weight is 209 g/mol. The maximum Gasteiger partial charge on any atom is 0.124 e. The summed E-state index contributed by atoms with van der Waals surface area (Å²) in [5.74, 6) is 0. The van der Waals surface area contributed by atoms with Gasteiger partial charge in [0.15, 0.2) is 0 Å². The quantitative estimate of drug-likeness (QED) is 0.375. The van der Waals surface area contributed by atoms with E-state index in [4.69, 9.17) is 11.3 Å². The van der Waals surface area contributed by atoms with Gasteiger partial charge < -0.3 is 15.9 Å². The van der Waals surface area contributed by atoms with Gasteiger partial charge in [-0.1, -0.05) is 5.11 Å². The van der Waals surface area contributed by atoms with E-state index >= 15 is 0 Å². The average Bonchev–Trinajstić information content (AvgIpc) is 2.25. The summed E-state index contributed by atoms with van der Waals surface area (Å²) in [6, 6.07) is 3.18. The lowest BCUT2D eigenvalue weighted by Crippen LogP contribution is -2.23. The van der Waals surface area contributed by atoms with Gasteiger partial charge in [-0.3, -0.25) is 4.98 Å². The van der Waals surface area contributed by atoms with Gasteiger partial charge in [0.1, 0.15) is 6.10 Å². The fourth-order valence-corrected chi connectivity index (χ4v) is 1.08. The van der Waals surface area contributed by atoms with Gasteiger partial charge in [0.2, 0.25) is 0 Å². The second kappa shape index (κ2) is 5.16. The number of nitrogen functional groups attached to an aromatic ring is 1. The topological polar surface area (TPSA) is 128 Å². The number of azide groups is 1. The third kappa shape index (κ3) is 2.81. The number of aliphatic hydroxyl groups excluding tert-OH is 2. The number of aliphatic hydroxyl groups is 2. The minimum absolute atomic E-state index is 0.179. The van der Waals surface area contributed by atoms with E-state index in [2.05, 4.69) is 15.0 Å². The van der Waals surface area contributed by atoms with Crippen molar-refractivity contribution in [2.24, 2.45) is 5.11 Å². The second-order valence-electron chi connectivity index (χ2n) is 2.90. The van der Waals surface area contributed by atoms with Crippen molar-refractivity contribution in [1.82, 2.24) is 4.98 Å². The van der Waals surface area contributed by atoms with Gasteiger partial charge in [0.05, 0.1) is 24.0 Å². The zero-order valence-electron chi connectivity index (χ0n) is 7.85. The van der Waals surface area contributed by atoms with Crippen LogP contribution in [-0.2, 0) is 0 Å². The fourth-order valence-electron chi connectivity index (χ4n) is 1.08. The van der Waals surface area contributed by atoms with Crippen LogP contribution < -0.4 is 5.73 Å². The Bertz CT molecular complexity index is 377. The van der Waals surface area contributed by atoms with Crippen molar-refractivity contribution in [3.63, 3.8) is 0 Å². The Morgan fingerprint density at radius 1 is 1.60 bits per heavy atom. The number of hydrogen-bond donors (Lipinski definition) is 3. The molecule has 1 aromatic heterocycles. The van der Waals surface area contributed by atoms with Crippen LogP contribution in [-0.4, -0.2) is 27.8 Å². The minimum Gasteiger partial charge on any atom is -0.397 e. The van der Waals surface area contributed by atoms with E-state index in [0.717, 1.165) is 0 Å². The maximum atomic E-state index is 9.62. The first-order valence-corrected chi connectivity index (χ1v) is 4.24. The molecule has 7 heteroatoms. The van der Waals surface area contributed by atoms with Crippen molar-refractivity contribution < 1.29 is 10.2 Å². The predicted molar refractivity (Wildman–Crippen MR) is 53.6 cm³/mol. The lowest BCUT2D eigenvalue weighted by molar-refractivity contribution is 0.0223. The summed E-state index contributed by atoms with van der Waals surface area (Å²) in [5, 5.41) is 22.2. The van der Waals surface area contributed by atoms with Crippen LogP contribution in [0.4, 0.5) is 5.69 Å². The molecule has 0 fully saturated rings. The molecule has 1 aromatic rings. The van der Waals surface area contributed by atoms with Crippen LogP contribution >= 0.6 is 0 Å². The van der Waals surface area contributed by atoms with Crippen molar-refractivity contribution >= 4 is 5.69 Å². The van der Waals surface area contributed by atoms with Crippen LogP contribution in [0.5, 0.6) is 0 Å². The molecule has 0 radical (unpaired) electrons. The molecule has 0 bridgehead atoms. The van der Waals surface area contributed by atoms with Crippen molar-refractivity contribution in [2.45, 2.75) is 12.2 Å². The zero-order chi connectivity index (χ0) is 11.3. The summed E-state index contributed by atoms with van der Waals surface area (Å²) in [6.07, 6.45) is -1.01. The summed E-state index contributed by atoms with van der Waals surface area (Å²) in [5.41, 5.74) is 14.1. The van der Waals surface area contributed by atoms with Crippen molar-refractivity contribution in [3.8, 4) is 0 Å². The summed E-state index contributed by atoms with van der Waals surface area (Å²) in [7, 11) is 0. The van der Waals surface area contributed by atoms with Crippen LogP contribution in [0.1, 0.15) is 11.8 Å². The monoisotopic (exact) mass is 209 g/mol. The molecule has 0 spiro atoms. The molecule has 15 heavy (non-hydrogen) atoms. The van der Waals surface area contributed by atoms with E-state index in [0.29, 0.717) is 0 Å². The number of hydrogen-bond acceptors (Lipinski definition) is 5. The highest BCUT2D eigenvalue weighted by molar-refractivity contribution is 5.43. The summed E-state index contributed by atoms with van der Waals surface area (Å²) < 4.78 is 0. The first kappa shape index (κ1) is 11.3. The molecule has 0 aliphatic heterocycles. The highest BCUT2D eigenvalue weighted by atomic mass is 16.3. The highest BCUT2D eigenvalue weighted by Crippen LogP contribution is 2.20. The number of pyridine rings is 1. The number of nitrogens with two attached hydrogens (primary N) is 1. The number of aromatic nitrogens is 1. The fraction of sp³-hybridized carbons (Fsp3) is 0.375. The Kier molecular flexibility index (Phi) is 3.87. The lowest BCUT2D eigenvalue weighted by atomic mass is 10.1. The first-order valence-electron chi connectivity index (χ1n) is 4.24. The molecule has 2 unspecified atom stereocenters. The van der Waals surface area contributed by atoms with Gasteiger partial charge in [-0.25, -0.2) is 0 Å². The van der Waals surface area contributed by atoms with E-state index < -0.39 is 12.2 Å². The Morgan fingerprint density at radius 3 is 2.93 bits per heavy atom. The molecular formula is C8H11N5O2. The van der Waals surface area contributed by atoms with Crippen LogP contribution in [0.2, 0.25) is 0 Å². The van der Waals surface area contributed by atoms with Gasteiger partial charge in [0.25, 0.3) is 0 Å². The molecule has 1 heterocycles. The molecule has 0 amide bonds. The smallest absolute Gasteiger partial charge is 0.124 e. The number of rotatable bonds is 4. The molecule has 7 nitrogen and oxygen atoms in total.